The number of thioether (sulfide) groups is 1. The van der Waals surface area contributed by atoms with Gasteiger partial charge < -0.3 is 10.0 Å². The van der Waals surface area contributed by atoms with Crippen LogP contribution in [-0.4, -0.2) is 59.4 Å². The Bertz CT molecular complexity index is 775. The zero-order chi connectivity index (χ0) is 17.3. The van der Waals surface area contributed by atoms with E-state index in [0.717, 1.165) is 11.1 Å². The van der Waals surface area contributed by atoms with Crippen molar-refractivity contribution >= 4 is 33.5 Å². The Morgan fingerprint density at radius 1 is 1.29 bits per heavy atom. The van der Waals surface area contributed by atoms with E-state index in [1.54, 1.807) is 17.0 Å². The standard InChI is InChI=1S/C16H19NO5S2/c18-15(9-23-14-4-6-24(21,22)10-14)17-5-3-11-1-2-12(16(19)20)7-13(11)8-17/h1-2,7,14H,3-6,8-10H2,(H,19,20). The average molecular weight is 369 g/mol. The van der Waals surface area contributed by atoms with Crippen LogP contribution in [0.3, 0.4) is 0 Å². The molecule has 1 saturated heterocycles. The fraction of sp³-hybridized carbons (Fsp3) is 0.500. The van der Waals surface area contributed by atoms with Crippen molar-refractivity contribution in [3.05, 3.63) is 34.9 Å². The zero-order valence-corrected chi connectivity index (χ0v) is 14.7. The molecule has 0 aromatic heterocycles. The van der Waals surface area contributed by atoms with Gasteiger partial charge in [0, 0.05) is 18.3 Å². The van der Waals surface area contributed by atoms with Crippen molar-refractivity contribution in [1.82, 2.24) is 4.90 Å². The summed E-state index contributed by atoms with van der Waals surface area (Å²) in [6, 6.07) is 5.04. The Hall–Kier alpha value is -1.54. The molecular weight excluding hydrogens is 350 g/mol. The van der Waals surface area contributed by atoms with Gasteiger partial charge in [0.15, 0.2) is 9.84 Å². The number of benzene rings is 1. The van der Waals surface area contributed by atoms with Crippen LogP contribution in [-0.2, 0) is 27.6 Å². The number of amides is 1. The van der Waals surface area contributed by atoms with Crippen LogP contribution < -0.4 is 0 Å². The summed E-state index contributed by atoms with van der Waals surface area (Å²) in [5, 5.41) is 9.09. The first-order valence-electron chi connectivity index (χ1n) is 7.79. The highest BCUT2D eigenvalue weighted by molar-refractivity contribution is 8.02. The lowest BCUT2D eigenvalue weighted by atomic mass is 9.97. The first-order valence-corrected chi connectivity index (χ1v) is 10.7. The minimum absolute atomic E-state index is 0.00893. The topological polar surface area (TPSA) is 91.8 Å². The molecule has 0 bridgehead atoms. The van der Waals surface area contributed by atoms with E-state index in [1.165, 1.54) is 11.8 Å². The Kier molecular flexibility index (Phi) is 4.87. The van der Waals surface area contributed by atoms with Crippen LogP contribution in [0.2, 0.25) is 0 Å². The molecule has 1 aromatic carbocycles. The van der Waals surface area contributed by atoms with Gasteiger partial charge in [-0.3, -0.25) is 4.79 Å². The minimum Gasteiger partial charge on any atom is -0.478 e. The minimum atomic E-state index is -2.92. The van der Waals surface area contributed by atoms with Crippen LogP contribution in [0.1, 0.15) is 27.9 Å². The molecule has 3 rings (SSSR count). The fourth-order valence-corrected chi connectivity index (χ4v) is 6.62. The average Bonchev–Trinajstić information content (AvgIpc) is 2.90. The summed E-state index contributed by atoms with van der Waals surface area (Å²) >= 11 is 1.41. The van der Waals surface area contributed by atoms with E-state index in [-0.39, 0.29) is 34.0 Å². The van der Waals surface area contributed by atoms with Gasteiger partial charge in [0.05, 0.1) is 22.8 Å². The molecule has 8 heteroatoms. The second kappa shape index (κ2) is 6.76. The molecule has 0 aliphatic carbocycles. The molecule has 1 fully saturated rings. The molecule has 2 heterocycles. The third kappa shape index (κ3) is 3.92. The van der Waals surface area contributed by atoms with Crippen molar-refractivity contribution in [2.45, 2.75) is 24.6 Å². The summed E-state index contributed by atoms with van der Waals surface area (Å²) in [6.07, 6.45) is 1.33. The molecule has 0 spiro atoms. The molecule has 2 aliphatic rings. The highest BCUT2D eigenvalue weighted by Crippen LogP contribution is 2.26. The number of rotatable bonds is 4. The Morgan fingerprint density at radius 2 is 2.08 bits per heavy atom. The summed E-state index contributed by atoms with van der Waals surface area (Å²) in [4.78, 5) is 25.2. The van der Waals surface area contributed by atoms with Crippen molar-refractivity contribution in [3.63, 3.8) is 0 Å². The Balaban J connectivity index is 1.59. The maximum atomic E-state index is 12.4. The van der Waals surface area contributed by atoms with Crippen LogP contribution in [0.4, 0.5) is 0 Å². The number of carboxylic acid groups (broad SMARTS) is 1. The van der Waals surface area contributed by atoms with E-state index in [0.29, 0.717) is 25.9 Å². The molecule has 24 heavy (non-hydrogen) atoms. The highest BCUT2D eigenvalue weighted by atomic mass is 32.2. The Labute approximate surface area is 145 Å². The van der Waals surface area contributed by atoms with Crippen molar-refractivity contribution in [2.24, 2.45) is 0 Å². The van der Waals surface area contributed by atoms with E-state index in [1.807, 2.05) is 6.07 Å². The second-order valence-corrected chi connectivity index (χ2v) is 9.71. The number of carboxylic acids is 1. The van der Waals surface area contributed by atoms with Gasteiger partial charge in [0.2, 0.25) is 5.91 Å². The smallest absolute Gasteiger partial charge is 0.335 e. The van der Waals surface area contributed by atoms with Gasteiger partial charge in [-0.2, -0.15) is 0 Å². The molecule has 1 amide bonds. The lowest BCUT2D eigenvalue weighted by Gasteiger charge is -2.29. The predicted octanol–water partition coefficient (Wildman–Crippen LogP) is 1.19. The number of sulfone groups is 1. The molecule has 1 aromatic rings. The lowest BCUT2D eigenvalue weighted by Crippen LogP contribution is -2.37. The van der Waals surface area contributed by atoms with Crippen molar-refractivity contribution in [2.75, 3.05) is 23.8 Å². The summed E-state index contributed by atoms with van der Waals surface area (Å²) < 4.78 is 22.9. The number of hydrogen-bond donors (Lipinski definition) is 1. The number of carbonyl (C=O) groups is 2. The summed E-state index contributed by atoms with van der Waals surface area (Å²) in [5.74, 6) is -0.340. The first kappa shape index (κ1) is 17.3. The monoisotopic (exact) mass is 369 g/mol. The molecule has 1 atom stereocenters. The van der Waals surface area contributed by atoms with E-state index >= 15 is 0 Å². The van der Waals surface area contributed by atoms with Gasteiger partial charge in [0.25, 0.3) is 0 Å². The van der Waals surface area contributed by atoms with E-state index in [4.69, 9.17) is 5.11 Å². The second-order valence-electron chi connectivity index (χ2n) is 6.19. The molecular formula is C16H19NO5S2. The zero-order valence-electron chi connectivity index (χ0n) is 13.1. The number of fused-ring (bicyclic) bond motifs is 1. The molecule has 0 saturated carbocycles. The van der Waals surface area contributed by atoms with Crippen LogP contribution >= 0.6 is 11.8 Å². The lowest BCUT2D eigenvalue weighted by molar-refractivity contribution is -0.129. The fourth-order valence-electron chi connectivity index (χ4n) is 3.08. The first-order chi connectivity index (χ1) is 11.3. The van der Waals surface area contributed by atoms with Gasteiger partial charge in [-0.1, -0.05) is 6.07 Å². The molecule has 6 nitrogen and oxygen atoms in total. The maximum absolute atomic E-state index is 12.4. The van der Waals surface area contributed by atoms with Crippen LogP contribution in [0.5, 0.6) is 0 Å². The van der Waals surface area contributed by atoms with E-state index < -0.39 is 15.8 Å². The molecule has 130 valence electrons. The molecule has 2 aliphatic heterocycles. The third-order valence-electron chi connectivity index (χ3n) is 4.45. The van der Waals surface area contributed by atoms with Crippen molar-refractivity contribution in [3.8, 4) is 0 Å². The molecule has 0 radical (unpaired) electrons. The quantitative estimate of drug-likeness (QED) is 0.857. The summed E-state index contributed by atoms with van der Waals surface area (Å²) in [6.45, 7) is 1.03. The number of hydrogen-bond acceptors (Lipinski definition) is 5. The Morgan fingerprint density at radius 3 is 2.75 bits per heavy atom. The van der Waals surface area contributed by atoms with Gasteiger partial charge in [-0.05, 0) is 36.1 Å². The number of nitrogens with zero attached hydrogens (tertiary/aromatic N) is 1. The van der Waals surface area contributed by atoms with E-state index in [2.05, 4.69) is 0 Å². The summed E-state index contributed by atoms with van der Waals surface area (Å²) in [7, 11) is -2.92. The highest BCUT2D eigenvalue weighted by Gasteiger charge is 2.29. The van der Waals surface area contributed by atoms with Gasteiger partial charge in [-0.15, -0.1) is 11.8 Å². The largest absolute Gasteiger partial charge is 0.478 e. The van der Waals surface area contributed by atoms with E-state index in [9.17, 15) is 18.0 Å². The predicted molar refractivity (Wildman–Crippen MR) is 92.0 cm³/mol. The van der Waals surface area contributed by atoms with Crippen LogP contribution in [0.25, 0.3) is 0 Å². The van der Waals surface area contributed by atoms with Crippen molar-refractivity contribution in [1.29, 1.82) is 0 Å². The van der Waals surface area contributed by atoms with Crippen molar-refractivity contribution < 1.29 is 23.1 Å². The normalized spacial score (nSPS) is 22.2. The van der Waals surface area contributed by atoms with Gasteiger partial charge in [-0.25, -0.2) is 13.2 Å². The number of carbonyl (C=O) groups excluding carboxylic acids is 1. The van der Waals surface area contributed by atoms with Crippen LogP contribution in [0, 0.1) is 0 Å². The van der Waals surface area contributed by atoms with Gasteiger partial charge >= 0.3 is 5.97 Å². The SMILES string of the molecule is O=C(O)c1ccc2c(c1)CN(C(=O)CSC1CCS(=O)(=O)C1)CC2. The number of aromatic carboxylic acids is 1. The maximum Gasteiger partial charge on any atom is 0.335 e. The summed E-state index contributed by atoms with van der Waals surface area (Å²) in [5.41, 5.74) is 2.19. The van der Waals surface area contributed by atoms with Crippen LogP contribution in [0.15, 0.2) is 18.2 Å². The molecule has 1 unspecified atom stereocenters. The molecule has 1 N–H and O–H groups in total. The third-order valence-corrected chi connectivity index (χ3v) is 7.72. The van der Waals surface area contributed by atoms with Gasteiger partial charge in [0.1, 0.15) is 0 Å².